The Hall–Kier alpha value is -8.66. The zero-order valence-corrected chi connectivity index (χ0v) is 35.6. The molecule has 0 N–H and O–H groups in total. The lowest BCUT2D eigenvalue weighted by Crippen LogP contribution is -2.05. The molecule has 12 aromatic carbocycles. The molecule has 2 aromatic heterocycles. The fraction of sp³-hybridized carbons (Fsp3) is 0.0159. The van der Waals surface area contributed by atoms with Crippen molar-refractivity contribution in [2.45, 2.75) is 6.42 Å². The topological polar surface area (TPSA) is 38.9 Å². The van der Waals surface area contributed by atoms with Gasteiger partial charge in [0.25, 0.3) is 0 Å². The molecule has 2 heterocycles. The van der Waals surface area contributed by atoms with Crippen molar-refractivity contribution in [3.8, 4) is 45.0 Å². The predicted molar refractivity (Wildman–Crippen MR) is 276 cm³/mol. The normalized spacial score (nSPS) is 12.5. The van der Waals surface area contributed by atoms with Crippen molar-refractivity contribution >= 4 is 97.3 Å². The quantitative estimate of drug-likeness (QED) is 0.129. The summed E-state index contributed by atoms with van der Waals surface area (Å²) >= 11 is 0. The molecule has 0 fully saturated rings. The second-order valence-electron chi connectivity index (χ2n) is 18.0. The highest BCUT2D eigenvalue weighted by Crippen LogP contribution is 2.50. The molecule has 2 bridgehead atoms. The minimum absolute atomic E-state index is 0.632. The Morgan fingerprint density at radius 2 is 0.848 bits per heavy atom. The van der Waals surface area contributed by atoms with Gasteiger partial charge in [0, 0.05) is 45.0 Å². The zero-order valence-electron chi connectivity index (χ0n) is 35.6. The van der Waals surface area contributed by atoms with E-state index in [0.717, 1.165) is 82.9 Å². The highest BCUT2D eigenvalue weighted by atomic mass is 16.3. The van der Waals surface area contributed by atoms with Crippen LogP contribution in [-0.4, -0.2) is 9.97 Å². The van der Waals surface area contributed by atoms with Crippen LogP contribution in [0.2, 0.25) is 0 Å². The number of furan rings is 1. The third-order valence-electron chi connectivity index (χ3n) is 14.4. The van der Waals surface area contributed by atoms with E-state index >= 15 is 0 Å². The molecular weight excluding hydrogens is 801 g/mol. The van der Waals surface area contributed by atoms with Crippen LogP contribution in [-0.2, 0) is 6.42 Å². The highest BCUT2D eigenvalue weighted by molar-refractivity contribution is 6.22. The number of para-hydroxylation sites is 1. The van der Waals surface area contributed by atoms with Crippen molar-refractivity contribution in [2.24, 2.45) is 0 Å². The zero-order chi connectivity index (χ0) is 43.0. The number of hydrogen-bond acceptors (Lipinski definition) is 3. The maximum Gasteiger partial charge on any atom is 0.161 e. The minimum atomic E-state index is 0.632. The first-order chi connectivity index (χ1) is 32.7. The summed E-state index contributed by atoms with van der Waals surface area (Å²) in [4.78, 5) is 11.7. The molecule has 3 heteroatoms. The van der Waals surface area contributed by atoms with Gasteiger partial charge in [0.1, 0.15) is 11.2 Å². The van der Waals surface area contributed by atoms with E-state index in [1.54, 1.807) is 0 Å². The van der Waals surface area contributed by atoms with Crippen LogP contribution in [0.25, 0.3) is 142 Å². The van der Waals surface area contributed by atoms with Crippen molar-refractivity contribution in [1.82, 2.24) is 9.97 Å². The van der Waals surface area contributed by atoms with E-state index in [9.17, 15) is 0 Å². The lowest BCUT2D eigenvalue weighted by atomic mass is 9.87. The summed E-state index contributed by atoms with van der Waals surface area (Å²) in [5.41, 5.74) is 11.2. The van der Waals surface area contributed by atoms with Gasteiger partial charge in [-0.1, -0.05) is 164 Å². The second-order valence-corrected chi connectivity index (χ2v) is 18.0. The molecule has 0 atom stereocenters. The van der Waals surface area contributed by atoms with E-state index in [-0.39, 0.29) is 0 Å². The Labute approximate surface area is 378 Å². The molecule has 0 spiro atoms. The van der Waals surface area contributed by atoms with Crippen LogP contribution in [0.5, 0.6) is 0 Å². The van der Waals surface area contributed by atoms with Crippen molar-refractivity contribution in [2.75, 3.05) is 0 Å². The van der Waals surface area contributed by atoms with Crippen LogP contribution in [0.15, 0.2) is 211 Å². The van der Waals surface area contributed by atoms with Crippen molar-refractivity contribution in [1.29, 1.82) is 0 Å². The maximum absolute atomic E-state index is 7.09. The number of nitrogens with zero attached hydrogens (tertiary/aromatic N) is 2. The first-order valence-electron chi connectivity index (χ1n) is 22.8. The molecule has 14 aromatic rings. The van der Waals surface area contributed by atoms with Crippen LogP contribution >= 0.6 is 0 Å². The largest absolute Gasteiger partial charge is 0.455 e. The lowest BCUT2D eigenvalue weighted by Gasteiger charge is -2.20. The fourth-order valence-electron chi connectivity index (χ4n) is 11.4. The second kappa shape index (κ2) is 13.4. The summed E-state index contributed by atoms with van der Waals surface area (Å²) in [6.45, 7) is 0. The number of fused-ring (bicyclic) bond motifs is 18. The summed E-state index contributed by atoms with van der Waals surface area (Å²) in [7, 11) is 0. The van der Waals surface area contributed by atoms with Crippen LogP contribution in [0.4, 0.5) is 0 Å². The summed E-state index contributed by atoms with van der Waals surface area (Å²) < 4.78 is 7.09. The monoisotopic (exact) mass is 836 g/mol. The molecule has 0 amide bonds. The molecule has 0 aliphatic heterocycles. The van der Waals surface area contributed by atoms with E-state index < -0.39 is 0 Å². The standard InChI is InChI=1S/C63H36N2O/c1-2-14-38-32-52-41(31-37(38)13-1)35-54-53-29-36(25-26-48(52)53)30-57-60(51-28-27-50-49-23-11-12-24-58(49)66-62(50)59(51)54)64-63(56-34-40-16-4-6-18-43(40)45-20-8-10-22-47(45)56)65-61(57)55-33-39-15-3-5-17-42(39)44-19-7-9-21-46(44)55/h1-29,31-35H,30H2. The van der Waals surface area contributed by atoms with Crippen LogP contribution < -0.4 is 0 Å². The summed E-state index contributed by atoms with van der Waals surface area (Å²) in [5.74, 6) is 0.694. The third-order valence-corrected chi connectivity index (χ3v) is 14.4. The van der Waals surface area contributed by atoms with Gasteiger partial charge in [-0.15, -0.1) is 0 Å². The number of hydrogen-bond donors (Lipinski definition) is 0. The minimum Gasteiger partial charge on any atom is -0.455 e. The SMILES string of the molecule is c1ccc2cc3c(cc4c5cc(ccc53)Cc3c(nc(-c5cc6ccccc6c6ccccc56)nc3-c3cc5ccccc5c5ccccc35)-c3ccc5c(oc6ccccc65)c3-4)cc2c1. The van der Waals surface area contributed by atoms with E-state index in [4.69, 9.17) is 14.4 Å². The molecule has 0 unspecified atom stereocenters. The smallest absolute Gasteiger partial charge is 0.161 e. The molecule has 0 saturated carbocycles. The van der Waals surface area contributed by atoms with Gasteiger partial charge in [-0.25, -0.2) is 9.97 Å². The Morgan fingerprint density at radius 1 is 0.318 bits per heavy atom. The summed E-state index contributed by atoms with van der Waals surface area (Å²) in [6.07, 6.45) is 0.632. The summed E-state index contributed by atoms with van der Waals surface area (Å²) in [6, 6.07) is 75.4. The average Bonchev–Trinajstić information content (AvgIpc) is 3.77. The molecule has 66 heavy (non-hydrogen) atoms. The van der Waals surface area contributed by atoms with Crippen LogP contribution in [0, 0.1) is 0 Å². The van der Waals surface area contributed by atoms with E-state index in [0.29, 0.717) is 12.2 Å². The Morgan fingerprint density at radius 3 is 1.58 bits per heavy atom. The molecule has 304 valence electrons. The number of benzene rings is 12. The van der Waals surface area contributed by atoms with Gasteiger partial charge in [-0.2, -0.15) is 0 Å². The predicted octanol–water partition coefficient (Wildman–Crippen LogP) is 17.0. The van der Waals surface area contributed by atoms with Gasteiger partial charge in [-0.3, -0.25) is 0 Å². The molecule has 1 aliphatic carbocycles. The molecular formula is C63H36N2O. The van der Waals surface area contributed by atoms with E-state index in [1.807, 2.05) is 0 Å². The fourth-order valence-corrected chi connectivity index (χ4v) is 11.4. The molecule has 0 saturated heterocycles. The van der Waals surface area contributed by atoms with Crippen molar-refractivity contribution < 1.29 is 4.42 Å². The van der Waals surface area contributed by atoms with E-state index in [2.05, 4.69) is 206 Å². The van der Waals surface area contributed by atoms with Gasteiger partial charge in [-0.05, 0) is 129 Å². The molecule has 1 aliphatic rings. The van der Waals surface area contributed by atoms with Gasteiger partial charge in [0.15, 0.2) is 5.82 Å². The van der Waals surface area contributed by atoms with Crippen LogP contribution in [0.3, 0.4) is 0 Å². The third kappa shape index (κ3) is 5.08. The van der Waals surface area contributed by atoms with Gasteiger partial charge in [0.2, 0.25) is 0 Å². The number of rotatable bonds is 2. The van der Waals surface area contributed by atoms with Gasteiger partial charge >= 0.3 is 0 Å². The molecule has 0 radical (unpaired) electrons. The first kappa shape index (κ1) is 35.8. The highest BCUT2D eigenvalue weighted by Gasteiger charge is 2.28. The van der Waals surface area contributed by atoms with Crippen LogP contribution in [0.1, 0.15) is 11.1 Å². The van der Waals surface area contributed by atoms with Gasteiger partial charge in [0.05, 0.1) is 11.4 Å². The van der Waals surface area contributed by atoms with Crippen molar-refractivity contribution in [3.63, 3.8) is 0 Å². The Kier molecular flexibility index (Phi) is 7.28. The molecule has 3 nitrogen and oxygen atoms in total. The van der Waals surface area contributed by atoms with Gasteiger partial charge < -0.3 is 4.42 Å². The Balaban J connectivity index is 1.15. The molecule has 15 rings (SSSR count). The number of aromatic nitrogens is 2. The summed E-state index contributed by atoms with van der Waals surface area (Å²) in [5, 5.41) is 18.9. The lowest BCUT2D eigenvalue weighted by molar-refractivity contribution is 0.670. The Bertz CT molecular complexity index is 4440. The van der Waals surface area contributed by atoms with Crippen molar-refractivity contribution in [3.05, 3.63) is 217 Å². The van der Waals surface area contributed by atoms with E-state index in [1.165, 1.54) is 64.8 Å². The average molecular weight is 837 g/mol. The maximum atomic E-state index is 7.09. The first-order valence-corrected chi connectivity index (χ1v) is 22.8.